The Labute approximate surface area is 89.4 Å². The van der Waals surface area contributed by atoms with Gasteiger partial charge in [0.2, 0.25) is 0 Å². The molecular weight excluding hydrogens is 193 g/mol. The lowest BCUT2D eigenvalue weighted by Gasteiger charge is -2.12. The Hall–Kier alpha value is -1.09. The fourth-order valence-electron chi connectivity index (χ4n) is 1.89. The second-order valence-corrected chi connectivity index (χ2v) is 3.94. The number of halogens is 1. The molecule has 0 saturated carbocycles. The molecule has 1 aromatic rings. The molecule has 1 N–H and O–H groups in total. The Morgan fingerprint density at radius 3 is 2.73 bits per heavy atom. The third kappa shape index (κ3) is 2.69. The van der Waals surface area contributed by atoms with Crippen molar-refractivity contribution in [2.75, 3.05) is 6.54 Å². The van der Waals surface area contributed by atoms with E-state index in [4.69, 9.17) is 4.74 Å². The SMILES string of the molecule is CCC1CC(Oc2ccc(F)cc2)CN1. The first kappa shape index (κ1) is 10.4. The standard InChI is InChI=1S/C12H16FNO/c1-2-10-7-12(8-14-10)15-11-5-3-9(13)4-6-11/h3-6,10,12,14H,2,7-8H2,1H3. The summed E-state index contributed by atoms with van der Waals surface area (Å²) in [5.74, 6) is 0.526. The molecule has 1 heterocycles. The van der Waals surface area contributed by atoms with E-state index >= 15 is 0 Å². The molecule has 2 atom stereocenters. The van der Waals surface area contributed by atoms with Crippen molar-refractivity contribution >= 4 is 0 Å². The number of rotatable bonds is 3. The first-order valence-corrected chi connectivity index (χ1v) is 5.43. The van der Waals surface area contributed by atoms with Crippen molar-refractivity contribution in [2.24, 2.45) is 0 Å². The average Bonchev–Trinajstić information content (AvgIpc) is 2.69. The number of hydrogen-bond acceptors (Lipinski definition) is 2. The predicted octanol–water partition coefficient (Wildman–Crippen LogP) is 2.34. The van der Waals surface area contributed by atoms with Crippen LogP contribution in [0.3, 0.4) is 0 Å². The van der Waals surface area contributed by atoms with Crippen LogP contribution in [0.1, 0.15) is 19.8 Å². The Kier molecular flexibility index (Phi) is 3.21. The molecule has 1 fully saturated rings. The molecule has 0 aliphatic carbocycles. The van der Waals surface area contributed by atoms with E-state index < -0.39 is 0 Å². The van der Waals surface area contributed by atoms with Gasteiger partial charge in [0.1, 0.15) is 17.7 Å². The zero-order chi connectivity index (χ0) is 10.7. The molecule has 82 valence electrons. The highest BCUT2D eigenvalue weighted by molar-refractivity contribution is 5.22. The monoisotopic (exact) mass is 209 g/mol. The van der Waals surface area contributed by atoms with Crippen LogP contribution < -0.4 is 10.1 Å². The summed E-state index contributed by atoms with van der Waals surface area (Å²) in [6, 6.07) is 6.77. The van der Waals surface area contributed by atoms with Gasteiger partial charge in [0, 0.05) is 19.0 Å². The van der Waals surface area contributed by atoms with Crippen molar-refractivity contribution in [3.8, 4) is 5.75 Å². The largest absolute Gasteiger partial charge is 0.489 e. The van der Waals surface area contributed by atoms with Gasteiger partial charge in [-0.2, -0.15) is 0 Å². The maximum Gasteiger partial charge on any atom is 0.123 e. The minimum absolute atomic E-state index is 0.223. The van der Waals surface area contributed by atoms with Gasteiger partial charge in [0.25, 0.3) is 0 Å². The van der Waals surface area contributed by atoms with Gasteiger partial charge in [-0.3, -0.25) is 0 Å². The van der Waals surface area contributed by atoms with Gasteiger partial charge in [-0.05, 0) is 30.7 Å². The zero-order valence-corrected chi connectivity index (χ0v) is 8.87. The van der Waals surface area contributed by atoms with Crippen LogP contribution in [-0.2, 0) is 0 Å². The smallest absolute Gasteiger partial charge is 0.123 e. The first-order valence-electron chi connectivity index (χ1n) is 5.43. The molecule has 3 heteroatoms. The normalized spacial score (nSPS) is 25.5. The third-order valence-corrected chi connectivity index (χ3v) is 2.79. The molecule has 2 unspecified atom stereocenters. The van der Waals surface area contributed by atoms with Crippen molar-refractivity contribution in [2.45, 2.75) is 31.9 Å². The van der Waals surface area contributed by atoms with Gasteiger partial charge in [-0.25, -0.2) is 4.39 Å². The molecule has 0 spiro atoms. The summed E-state index contributed by atoms with van der Waals surface area (Å²) in [5, 5.41) is 3.39. The maximum absolute atomic E-state index is 12.6. The van der Waals surface area contributed by atoms with Crippen LogP contribution in [0.15, 0.2) is 24.3 Å². The van der Waals surface area contributed by atoms with Gasteiger partial charge in [-0.15, -0.1) is 0 Å². The van der Waals surface area contributed by atoms with Crippen molar-refractivity contribution in [3.05, 3.63) is 30.1 Å². The molecule has 0 aromatic heterocycles. The molecule has 0 radical (unpaired) electrons. The molecule has 1 aliphatic heterocycles. The average molecular weight is 209 g/mol. The number of hydrogen-bond donors (Lipinski definition) is 1. The lowest BCUT2D eigenvalue weighted by molar-refractivity contribution is 0.219. The van der Waals surface area contributed by atoms with Crippen molar-refractivity contribution in [1.82, 2.24) is 5.32 Å². The summed E-state index contributed by atoms with van der Waals surface area (Å²) in [6.07, 6.45) is 2.39. The molecule has 1 aliphatic rings. The summed E-state index contributed by atoms with van der Waals surface area (Å²) in [7, 11) is 0. The summed E-state index contributed by atoms with van der Waals surface area (Å²) in [4.78, 5) is 0. The van der Waals surface area contributed by atoms with E-state index in [2.05, 4.69) is 12.2 Å². The van der Waals surface area contributed by atoms with E-state index in [1.165, 1.54) is 12.1 Å². The van der Waals surface area contributed by atoms with Crippen LogP contribution in [0, 0.1) is 5.82 Å². The fraction of sp³-hybridized carbons (Fsp3) is 0.500. The highest BCUT2D eigenvalue weighted by Gasteiger charge is 2.23. The van der Waals surface area contributed by atoms with Crippen LogP contribution in [0.25, 0.3) is 0 Å². The lowest BCUT2D eigenvalue weighted by atomic mass is 10.1. The topological polar surface area (TPSA) is 21.3 Å². The molecule has 1 saturated heterocycles. The molecule has 2 rings (SSSR count). The van der Waals surface area contributed by atoms with Crippen LogP contribution in [0.5, 0.6) is 5.75 Å². The zero-order valence-electron chi connectivity index (χ0n) is 8.87. The molecule has 2 nitrogen and oxygen atoms in total. The Bertz CT molecular complexity index is 312. The predicted molar refractivity (Wildman–Crippen MR) is 57.5 cm³/mol. The Balaban J connectivity index is 1.90. The van der Waals surface area contributed by atoms with E-state index in [0.29, 0.717) is 6.04 Å². The summed E-state index contributed by atoms with van der Waals surface area (Å²) < 4.78 is 18.4. The van der Waals surface area contributed by atoms with Crippen LogP contribution >= 0.6 is 0 Å². The first-order chi connectivity index (χ1) is 7.28. The van der Waals surface area contributed by atoms with E-state index in [9.17, 15) is 4.39 Å². The second-order valence-electron chi connectivity index (χ2n) is 3.94. The highest BCUT2D eigenvalue weighted by atomic mass is 19.1. The molecule has 15 heavy (non-hydrogen) atoms. The van der Waals surface area contributed by atoms with Gasteiger partial charge >= 0.3 is 0 Å². The van der Waals surface area contributed by atoms with Crippen LogP contribution in [-0.4, -0.2) is 18.7 Å². The third-order valence-electron chi connectivity index (χ3n) is 2.79. The van der Waals surface area contributed by atoms with Crippen molar-refractivity contribution in [1.29, 1.82) is 0 Å². The highest BCUT2D eigenvalue weighted by Crippen LogP contribution is 2.18. The van der Waals surface area contributed by atoms with Crippen LogP contribution in [0.4, 0.5) is 4.39 Å². The van der Waals surface area contributed by atoms with E-state index in [1.54, 1.807) is 12.1 Å². The fourth-order valence-corrected chi connectivity index (χ4v) is 1.89. The van der Waals surface area contributed by atoms with Crippen LogP contribution in [0.2, 0.25) is 0 Å². The number of nitrogens with one attached hydrogen (secondary N) is 1. The van der Waals surface area contributed by atoms with Gasteiger partial charge in [0.05, 0.1) is 0 Å². The van der Waals surface area contributed by atoms with Gasteiger partial charge in [0.15, 0.2) is 0 Å². The molecule has 0 bridgehead atoms. The quantitative estimate of drug-likeness (QED) is 0.825. The summed E-state index contributed by atoms with van der Waals surface area (Å²) in [6.45, 7) is 3.05. The number of benzene rings is 1. The Morgan fingerprint density at radius 1 is 1.40 bits per heavy atom. The molecule has 1 aromatic carbocycles. The van der Waals surface area contributed by atoms with E-state index in [1.807, 2.05) is 0 Å². The maximum atomic E-state index is 12.6. The van der Waals surface area contributed by atoms with Crippen molar-refractivity contribution < 1.29 is 9.13 Å². The number of ether oxygens (including phenoxy) is 1. The molecule has 0 amide bonds. The minimum atomic E-state index is -0.224. The molecular formula is C12H16FNO. The van der Waals surface area contributed by atoms with Crippen molar-refractivity contribution in [3.63, 3.8) is 0 Å². The minimum Gasteiger partial charge on any atom is -0.489 e. The Morgan fingerprint density at radius 2 is 2.13 bits per heavy atom. The van der Waals surface area contributed by atoms with Gasteiger partial charge < -0.3 is 10.1 Å². The lowest BCUT2D eigenvalue weighted by Crippen LogP contribution is -2.21. The summed E-state index contributed by atoms with van der Waals surface area (Å²) >= 11 is 0. The van der Waals surface area contributed by atoms with E-state index in [-0.39, 0.29) is 11.9 Å². The summed E-state index contributed by atoms with van der Waals surface area (Å²) in [5.41, 5.74) is 0. The van der Waals surface area contributed by atoms with E-state index in [0.717, 1.165) is 25.1 Å². The van der Waals surface area contributed by atoms with Gasteiger partial charge in [-0.1, -0.05) is 6.92 Å². The second kappa shape index (κ2) is 4.62.